The molecule has 0 bridgehead atoms. The smallest absolute Gasteiger partial charge is 0.0587 e. The van der Waals surface area contributed by atoms with Gasteiger partial charge in [0, 0.05) is 17.8 Å². The predicted molar refractivity (Wildman–Crippen MR) is 52.1 cm³/mol. The fourth-order valence-electron chi connectivity index (χ4n) is 1.51. The molecule has 3 nitrogen and oxygen atoms in total. The van der Waals surface area contributed by atoms with Crippen LogP contribution in [0.3, 0.4) is 0 Å². The van der Waals surface area contributed by atoms with Crippen molar-refractivity contribution in [3.05, 3.63) is 30.6 Å². The van der Waals surface area contributed by atoms with Gasteiger partial charge in [0.05, 0.1) is 12.7 Å². The maximum Gasteiger partial charge on any atom is 0.0587 e. The molecule has 0 unspecified atom stereocenters. The summed E-state index contributed by atoms with van der Waals surface area (Å²) in [6.45, 7) is 4.43. The van der Waals surface area contributed by atoms with E-state index in [2.05, 4.69) is 11.7 Å². The quantitative estimate of drug-likeness (QED) is 0.708. The number of hydrogen-bond acceptors (Lipinski definition) is 2. The standard InChI is InChI=1S/C10H15N3/c1-2-5-13-7-9(6-12-13)10(11)8-3-4-8/h2,6-8,10H,1,3-5,11H2/t10-/m0/s1. The summed E-state index contributed by atoms with van der Waals surface area (Å²) in [6, 6.07) is 0.193. The summed E-state index contributed by atoms with van der Waals surface area (Å²) >= 11 is 0. The average Bonchev–Trinajstić information content (AvgIpc) is 2.87. The summed E-state index contributed by atoms with van der Waals surface area (Å²) in [5.74, 6) is 0.696. The van der Waals surface area contributed by atoms with Crippen LogP contribution in [0.25, 0.3) is 0 Å². The van der Waals surface area contributed by atoms with Crippen LogP contribution in [-0.2, 0) is 6.54 Å². The van der Waals surface area contributed by atoms with Crippen molar-refractivity contribution in [2.45, 2.75) is 25.4 Å². The SMILES string of the molecule is C=CCn1cc([C@@H](N)C2CC2)cn1. The lowest BCUT2D eigenvalue weighted by atomic mass is 10.1. The molecule has 1 saturated carbocycles. The third kappa shape index (κ3) is 1.80. The molecule has 0 amide bonds. The first-order valence-corrected chi connectivity index (χ1v) is 4.70. The molecular weight excluding hydrogens is 162 g/mol. The molecule has 0 saturated heterocycles. The fourth-order valence-corrected chi connectivity index (χ4v) is 1.51. The molecule has 70 valence electrons. The van der Waals surface area contributed by atoms with E-state index >= 15 is 0 Å². The van der Waals surface area contributed by atoms with Crippen molar-refractivity contribution in [3.8, 4) is 0 Å². The zero-order chi connectivity index (χ0) is 9.26. The molecule has 1 fully saturated rings. The lowest BCUT2D eigenvalue weighted by Crippen LogP contribution is -2.11. The molecule has 2 rings (SSSR count). The third-order valence-corrected chi connectivity index (χ3v) is 2.48. The van der Waals surface area contributed by atoms with Crippen molar-refractivity contribution in [2.24, 2.45) is 11.7 Å². The summed E-state index contributed by atoms with van der Waals surface area (Å²) in [6.07, 6.45) is 8.26. The molecule has 1 atom stereocenters. The molecule has 0 aromatic carbocycles. The highest BCUT2D eigenvalue weighted by atomic mass is 15.3. The van der Waals surface area contributed by atoms with Crippen LogP contribution >= 0.6 is 0 Å². The van der Waals surface area contributed by atoms with Crippen LogP contribution in [0, 0.1) is 5.92 Å². The van der Waals surface area contributed by atoms with E-state index in [0.29, 0.717) is 5.92 Å². The van der Waals surface area contributed by atoms with Crippen molar-refractivity contribution in [3.63, 3.8) is 0 Å². The second-order valence-electron chi connectivity index (χ2n) is 3.65. The first-order valence-electron chi connectivity index (χ1n) is 4.70. The van der Waals surface area contributed by atoms with Gasteiger partial charge in [-0.05, 0) is 18.8 Å². The monoisotopic (exact) mass is 177 g/mol. The van der Waals surface area contributed by atoms with E-state index in [1.54, 1.807) is 0 Å². The lowest BCUT2D eigenvalue weighted by Gasteiger charge is -2.05. The Morgan fingerprint density at radius 1 is 1.77 bits per heavy atom. The molecule has 1 aliphatic rings. The minimum atomic E-state index is 0.193. The van der Waals surface area contributed by atoms with Gasteiger partial charge in [0.15, 0.2) is 0 Å². The van der Waals surface area contributed by atoms with Gasteiger partial charge in [0.2, 0.25) is 0 Å². The fraction of sp³-hybridized carbons (Fsp3) is 0.500. The molecule has 1 aromatic rings. The van der Waals surface area contributed by atoms with Crippen LogP contribution in [-0.4, -0.2) is 9.78 Å². The number of nitrogens with zero attached hydrogens (tertiary/aromatic N) is 2. The number of allylic oxidation sites excluding steroid dienone is 1. The third-order valence-electron chi connectivity index (χ3n) is 2.48. The zero-order valence-corrected chi connectivity index (χ0v) is 7.69. The normalized spacial score (nSPS) is 18.5. The summed E-state index contributed by atoms with van der Waals surface area (Å²) in [5, 5.41) is 4.20. The summed E-state index contributed by atoms with van der Waals surface area (Å²) in [7, 11) is 0. The Hall–Kier alpha value is -1.09. The minimum Gasteiger partial charge on any atom is -0.324 e. The number of nitrogens with two attached hydrogens (primary N) is 1. The summed E-state index contributed by atoms with van der Waals surface area (Å²) < 4.78 is 1.87. The molecule has 13 heavy (non-hydrogen) atoms. The Bertz CT molecular complexity index is 299. The highest BCUT2D eigenvalue weighted by molar-refractivity contribution is 5.13. The van der Waals surface area contributed by atoms with Crippen molar-refractivity contribution in [1.29, 1.82) is 0 Å². The van der Waals surface area contributed by atoms with E-state index in [4.69, 9.17) is 5.73 Å². The van der Waals surface area contributed by atoms with Gasteiger partial charge in [0.25, 0.3) is 0 Å². The molecule has 0 spiro atoms. The van der Waals surface area contributed by atoms with Crippen LogP contribution in [0.1, 0.15) is 24.4 Å². The van der Waals surface area contributed by atoms with E-state index in [0.717, 1.165) is 12.1 Å². The Morgan fingerprint density at radius 3 is 3.15 bits per heavy atom. The minimum absolute atomic E-state index is 0.193. The second-order valence-corrected chi connectivity index (χ2v) is 3.65. The van der Waals surface area contributed by atoms with Crippen molar-refractivity contribution < 1.29 is 0 Å². The first kappa shape index (κ1) is 8.51. The maximum absolute atomic E-state index is 6.03. The molecule has 1 heterocycles. The Labute approximate surface area is 78.2 Å². The molecule has 1 aliphatic carbocycles. The Kier molecular flexibility index (Phi) is 2.19. The van der Waals surface area contributed by atoms with Gasteiger partial charge in [-0.15, -0.1) is 6.58 Å². The van der Waals surface area contributed by atoms with Crippen LogP contribution in [0.2, 0.25) is 0 Å². The van der Waals surface area contributed by atoms with Gasteiger partial charge in [-0.1, -0.05) is 6.08 Å². The van der Waals surface area contributed by atoms with Gasteiger partial charge in [-0.25, -0.2) is 0 Å². The van der Waals surface area contributed by atoms with Crippen LogP contribution in [0.4, 0.5) is 0 Å². The van der Waals surface area contributed by atoms with Crippen LogP contribution < -0.4 is 5.73 Å². The zero-order valence-electron chi connectivity index (χ0n) is 7.69. The molecular formula is C10H15N3. The lowest BCUT2D eigenvalue weighted by molar-refractivity contribution is 0.630. The number of hydrogen-bond donors (Lipinski definition) is 1. The largest absolute Gasteiger partial charge is 0.324 e. The molecule has 0 radical (unpaired) electrons. The molecule has 3 heteroatoms. The van der Waals surface area contributed by atoms with E-state index in [1.807, 2.05) is 23.2 Å². The molecule has 1 aromatic heterocycles. The van der Waals surface area contributed by atoms with E-state index in [1.165, 1.54) is 12.8 Å². The van der Waals surface area contributed by atoms with Gasteiger partial charge in [-0.2, -0.15) is 5.10 Å². The molecule has 0 aliphatic heterocycles. The van der Waals surface area contributed by atoms with E-state index < -0.39 is 0 Å². The summed E-state index contributed by atoms with van der Waals surface area (Å²) in [5.41, 5.74) is 7.19. The highest BCUT2D eigenvalue weighted by Gasteiger charge is 2.30. The highest BCUT2D eigenvalue weighted by Crippen LogP contribution is 2.39. The van der Waals surface area contributed by atoms with Gasteiger partial charge in [-0.3, -0.25) is 4.68 Å². The van der Waals surface area contributed by atoms with Crippen LogP contribution in [0.15, 0.2) is 25.0 Å². The molecule has 2 N–H and O–H groups in total. The number of rotatable bonds is 4. The maximum atomic E-state index is 6.03. The van der Waals surface area contributed by atoms with Gasteiger partial charge < -0.3 is 5.73 Å². The van der Waals surface area contributed by atoms with E-state index in [9.17, 15) is 0 Å². The average molecular weight is 177 g/mol. The topological polar surface area (TPSA) is 43.8 Å². The predicted octanol–water partition coefficient (Wildman–Crippen LogP) is 1.48. The Morgan fingerprint density at radius 2 is 2.54 bits per heavy atom. The van der Waals surface area contributed by atoms with Gasteiger partial charge in [0.1, 0.15) is 0 Å². The number of aromatic nitrogens is 2. The van der Waals surface area contributed by atoms with Crippen molar-refractivity contribution >= 4 is 0 Å². The second kappa shape index (κ2) is 3.34. The first-order chi connectivity index (χ1) is 6.31. The Balaban J connectivity index is 2.06. The van der Waals surface area contributed by atoms with Crippen molar-refractivity contribution in [2.75, 3.05) is 0 Å². The van der Waals surface area contributed by atoms with Crippen molar-refractivity contribution in [1.82, 2.24) is 9.78 Å². The summed E-state index contributed by atoms with van der Waals surface area (Å²) in [4.78, 5) is 0. The van der Waals surface area contributed by atoms with Gasteiger partial charge >= 0.3 is 0 Å². The van der Waals surface area contributed by atoms with Crippen LogP contribution in [0.5, 0.6) is 0 Å². The van der Waals surface area contributed by atoms with E-state index in [-0.39, 0.29) is 6.04 Å².